The van der Waals surface area contributed by atoms with Crippen LogP contribution in [0.4, 0.5) is 5.82 Å². The molecule has 0 aliphatic heterocycles. The zero-order valence-electron chi connectivity index (χ0n) is 13.6. The van der Waals surface area contributed by atoms with Gasteiger partial charge in [0.25, 0.3) is 5.91 Å². The van der Waals surface area contributed by atoms with Crippen LogP contribution in [0.25, 0.3) is 6.08 Å². The molecule has 2 heterocycles. The monoisotopic (exact) mass is 330 g/mol. The smallest absolute Gasteiger partial charge is 0.256 e. The first-order valence-electron chi connectivity index (χ1n) is 7.93. The third kappa shape index (κ3) is 5.00. The number of anilines is 1. The Labute approximate surface area is 146 Å². The van der Waals surface area contributed by atoms with Crippen LogP contribution in [0.5, 0.6) is 0 Å². The Bertz CT molecular complexity index is 831. The second kappa shape index (κ2) is 8.40. The third-order valence-electron chi connectivity index (χ3n) is 3.49. The van der Waals surface area contributed by atoms with Gasteiger partial charge in [-0.25, -0.2) is 4.98 Å². The van der Waals surface area contributed by atoms with E-state index >= 15 is 0 Å². The first-order valence-corrected chi connectivity index (χ1v) is 7.93. The number of carbonyl (C=O) groups is 1. The molecule has 0 radical (unpaired) electrons. The summed E-state index contributed by atoms with van der Waals surface area (Å²) in [5.41, 5.74) is 2.45. The lowest BCUT2D eigenvalue weighted by Gasteiger charge is -2.06. The molecule has 0 spiro atoms. The van der Waals surface area contributed by atoms with E-state index < -0.39 is 0 Å². The minimum absolute atomic E-state index is 0.198. The molecule has 0 unspecified atom stereocenters. The number of pyridine rings is 2. The van der Waals surface area contributed by atoms with E-state index in [0.29, 0.717) is 17.9 Å². The maximum atomic E-state index is 12.1. The van der Waals surface area contributed by atoms with Crippen molar-refractivity contribution in [2.75, 3.05) is 5.32 Å². The number of nitrogens with one attached hydrogen (secondary N) is 2. The second-order valence-corrected chi connectivity index (χ2v) is 5.32. The summed E-state index contributed by atoms with van der Waals surface area (Å²) in [5, 5.41) is 5.91. The number of hydrogen-bond acceptors (Lipinski definition) is 4. The SMILES string of the molecule is O=C(NC=Cc1ccccc1)c1ccc(NCc2ccccn2)nc1. The van der Waals surface area contributed by atoms with Crippen molar-refractivity contribution >= 4 is 17.8 Å². The van der Waals surface area contributed by atoms with Crippen LogP contribution in [0.15, 0.2) is 79.3 Å². The molecule has 0 saturated carbocycles. The van der Waals surface area contributed by atoms with Crippen LogP contribution >= 0.6 is 0 Å². The Morgan fingerprint density at radius 3 is 2.52 bits per heavy atom. The van der Waals surface area contributed by atoms with Gasteiger partial charge in [0.1, 0.15) is 5.82 Å². The van der Waals surface area contributed by atoms with Crippen molar-refractivity contribution in [2.45, 2.75) is 6.54 Å². The summed E-state index contributed by atoms with van der Waals surface area (Å²) in [5.74, 6) is 0.498. The van der Waals surface area contributed by atoms with Gasteiger partial charge in [0, 0.05) is 18.6 Å². The number of benzene rings is 1. The predicted molar refractivity (Wildman–Crippen MR) is 98.7 cm³/mol. The maximum Gasteiger partial charge on any atom is 0.256 e. The molecule has 1 amide bonds. The minimum Gasteiger partial charge on any atom is -0.364 e. The van der Waals surface area contributed by atoms with Gasteiger partial charge in [-0.15, -0.1) is 0 Å². The van der Waals surface area contributed by atoms with Crippen molar-refractivity contribution in [1.82, 2.24) is 15.3 Å². The Balaban J connectivity index is 1.52. The standard InChI is InChI=1S/C20H18N4O/c25-20(22-13-11-16-6-2-1-3-7-16)17-9-10-19(23-14-17)24-15-18-8-4-5-12-21-18/h1-14H,15H2,(H,22,25)(H,23,24). The van der Waals surface area contributed by atoms with Gasteiger partial charge >= 0.3 is 0 Å². The zero-order valence-corrected chi connectivity index (χ0v) is 13.6. The number of rotatable bonds is 6. The van der Waals surface area contributed by atoms with Crippen molar-refractivity contribution in [3.8, 4) is 0 Å². The quantitative estimate of drug-likeness (QED) is 0.726. The fourth-order valence-corrected chi connectivity index (χ4v) is 2.18. The van der Waals surface area contributed by atoms with Gasteiger partial charge in [-0.05, 0) is 35.9 Å². The molecule has 0 aliphatic rings. The topological polar surface area (TPSA) is 66.9 Å². The highest BCUT2D eigenvalue weighted by molar-refractivity contribution is 5.95. The lowest BCUT2D eigenvalue weighted by molar-refractivity contribution is 0.0970. The lowest BCUT2D eigenvalue weighted by Crippen LogP contribution is -2.17. The van der Waals surface area contributed by atoms with Crippen LogP contribution in [0, 0.1) is 0 Å². The van der Waals surface area contributed by atoms with Gasteiger partial charge in [-0.3, -0.25) is 9.78 Å². The highest BCUT2D eigenvalue weighted by atomic mass is 16.1. The van der Waals surface area contributed by atoms with E-state index in [9.17, 15) is 4.79 Å². The fraction of sp³-hybridized carbons (Fsp3) is 0.0500. The summed E-state index contributed by atoms with van der Waals surface area (Å²) in [6.07, 6.45) is 6.77. The van der Waals surface area contributed by atoms with Crippen molar-refractivity contribution in [3.63, 3.8) is 0 Å². The average molecular weight is 330 g/mol. The maximum absolute atomic E-state index is 12.1. The van der Waals surface area contributed by atoms with Crippen LogP contribution in [0.3, 0.4) is 0 Å². The van der Waals surface area contributed by atoms with Gasteiger partial charge in [0.2, 0.25) is 0 Å². The predicted octanol–water partition coefficient (Wildman–Crippen LogP) is 3.49. The molecular weight excluding hydrogens is 312 g/mol. The number of aromatic nitrogens is 2. The molecule has 25 heavy (non-hydrogen) atoms. The molecule has 0 saturated heterocycles. The van der Waals surface area contributed by atoms with E-state index in [4.69, 9.17) is 0 Å². The molecule has 1 aromatic carbocycles. The minimum atomic E-state index is -0.198. The summed E-state index contributed by atoms with van der Waals surface area (Å²) >= 11 is 0. The molecule has 0 atom stereocenters. The molecule has 2 aromatic heterocycles. The number of nitrogens with zero attached hydrogens (tertiary/aromatic N) is 2. The van der Waals surface area contributed by atoms with E-state index in [2.05, 4.69) is 20.6 Å². The summed E-state index contributed by atoms with van der Waals surface area (Å²) in [6, 6.07) is 19.0. The summed E-state index contributed by atoms with van der Waals surface area (Å²) in [4.78, 5) is 20.6. The molecule has 3 rings (SSSR count). The largest absolute Gasteiger partial charge is 0.364 e. The molecule has 3 aromatic rings. The van der Waals surface area contributed by atoms with E-state index in [1.807, 2.05) is 54.6 Å². The van der Waals surface area contributed by atoms with Crippen molar-refractivity contribution in [3.05, 3.63) is 96.1 Å². The number of hydrogen-bond donors (Lipinski definition) is 2. The van der Waals surface area contributed by atoms with Crippen LogP contribution in [-0.2, 0) is 6.54 Å². The van der Waals surface area contributed by atoms with Crippen LogP contribution in [0.2, 0.25) is 0 Å². The van der Waals surface area contributed by atoms with E-state index in [-0.39, 0.29) is 5.91 Å². The van der Waals surface area contributed by atoms with Crippen LogP contribution in [0.1, 0.15) is 21.6 Å². The Kier molecular flexibility index (Phi) is 5.51. The van der Waals surface area contributed by atoms with Crippen molar-refractivity contribution in [2.24, 2.45) is 0 Å². The van der Waals surface area contributed by atoms with Crippen LogP contribution < -0.4 is 10.6 Å². The lowest BCUT2D eigenvalue weighted by atomic mass is 10.2. The Hall–Kier alpha value is -3.47. The van der Waals surface area contributed by atoms with Gasteiger partial charge in [-0.1, -0.05) is 36.4 Å². The number of carbonyl (C=O) groups excluding carboxylic acids is 1. The molecule has 0 bridgehead atoms. The van der Waals surface area contributed by atoms with Crippen molar-refractivity contribution < 1.29 is 4.79 Å². The highest BCUT2D eigenvalue weighted by Crippen LogP contribution is 2.07. The van der Waals surface area contributed by atoms with Gasteiger partial charge in [0.05, 0.1) is 17.8 Å². The van der Waals surface area contributed by atoms with Gasteiger partial charge in [-0.2, -0.15) is 0 Å². The van der Waals surface area contributed by atoms with E-state index in [0.717, 1.165) is 11.3 Å². The molecule has 5 heteroatoms. The first kappa shape index (κ1) is 16.4. The Morgan fingerprint density at radius 2 is 1.80 bits per heavy atom. The Morgan fingerprint density at radius 1 is 0.960 bits per heavy atom. The van der Waals surface area contributed by atoms with Crippen LogP contribution in [-0.4, -0.2) is 15.9 Å². The molecule has 124 valence electrons. The molecule has 5 nitrogen and oxygen atoms in total. The van der Waals surface area contributed by atoms with Gasteiger partial charge < -0.3 is 10.6 Å². The molecule has 0 fully saturated rings. The van der Waals surface area contributed by atoms with E-state index in [1.165, 1.54) is 0 Å². The highest BCUT2D eigenvalue weighted by Gasteiger charge is 2.04. The third-order valence-corrected chi connectivity index (χ3v) is 3.49. The average Bonchev–Trinajstić information content (AvgIpc) is 2.68. The first-order chi connectivity index (χ1) is 12.3. The summed E-state index contributed by atoms with van der Waals surface area (Å²) in [6.45, 7) is 0.583. The molecule has 0 aliphatic carbocycles. The normalized spacial score (nSPS) is 10.6. The number of amides is 1. The summed E-state index contributed by atoms with van der Waals surface area (Å²) in [7, 11) is 0. The molecule has 2 N–H and O–H groups in total. The fourth-order valence-electron chi connectivity index (χ4n) is 2.18. The molecular formula is C20H18N4O. The van der Waals surface area contributed by atoms with Gasteiger partial charge in [0.15, 0.2) is 0 Å². The van der Waals surface area contributed by atoms with E-state index in [1.54, 1.807) is 30.7 Å². The van der Waals surface area contributed by atoms with Crippen molar-refractivity contribution in [1.29, 1.82) is 0 Å². The summed E-state index contributed by atoms with van der Waals surface area (Å²) < 4.78 is 0. The second-order valence-electron chi connectivity index (χ2n) is 5.32. The zero-order chi connectivity index (χ0) is 17.3.